The fourth-order valence-electron chi connectivity index (χ4n) is 4.29. The molecule has 26 heavy (non-hydrogen) atoms. The van der Waals surface area contributed by atoms with E-state index in [1.807, 2.05) is 0 Å². The number of piperidine rings is 1. The van der Waals surface area contributed by atoms with Gasteiger partial charge >= 0.3 is 0 Å². The maximum Gasteiger partial charge on any atom is 0.227 e. The minimum absolute atomic E-state index is 0.435. The molecule has 0 unspecified atom stereocenters. The van der Waals surface area contributed by atoms with Gasteiger partial charge in [0.25, 0.3) is 0 Å². The van der Waals surface area contributed by atoms with Crippen molar-refractivity contribution in [1.82, 2.24) is 15.3 Å². The van der Waals surface area contributed by atoms with Crippen LogP contribution < -0.4 is 15.1 Å². The van der Waals surface area contributed by atoms with Gasteiger partial charge in [0.15, 0.2) is 0 Å². The van der Waals surface area contributed by atoms with Gasteiger partial charge in [0, 0.05) is 57.1 Å². The molecule has 0 aliphatic carbocycles. The Bertz CT molecular complexity index is 576. The van der Waals surface area contributed by atoms with Gasteiger partial charge in [0.2, 0.25) is 5.95 Å². The maximum absolute atomic E-state index is 5.73. The molecule has 0 saturated carbocycles. The molecule has 0 radical (unpaired) electrons. The summed E-state index contributed by atoms with van der Waals surface area (Å²) >= 11 is 0. The minimum atomic E-state index is 0.435. The van der Waals surface area contributed by atoms with Gasteiger partial charge in [-0.1, -0.05) is 6.92 Å². The molecule has 3 saturated heterocycles. The van der Waals surface area contributed by atoms with E-state index in [4.69, 9.17) is 14.7 Å². The molecule has 144 valence electrons. The van der Waals surface area contributed by atoms with Crippen molar-refractivity contribution < 1.29 is 4.74 Å². The Hall–Kier alpha value is -1.40. The lowest BCUT2D eigenvalue weighted by Crippen LogP contribution is -2.45. The first kappa shape index (κ1) is 18.0. The molecule has 4 rings (SSSR count). The van der Waals surface area contributed by atoms with E-state index in [0.29, 0.717) is 12.1 Å². The predicted molar refractivity (Wildman–Crippen MR) is 105 cm³/mol. The number of aryl methyl sites for hydroxylation is 1. The Labute approximate surface area is 157 Å². The topological polar surface area (TPSA) is 53.5 Å². The van der Waals surface area contributed by atoms with Crippen molar-refractivity contribution in [2.45, 2.75) is 64.0 Å². The number of ether oxygens (including phenoxy) is 1. The summed E-state index contributed by atoms with van der Waals surface area (Å²) in [7, 11) is 0. The van der Waals surface area contributed by atoms with E-state index < -0.39 is 0 Å². The molecule has 1 N–H and O–H groups in total. The van der Waals surface area contributed by atoms with Crippen molar-refractivity contribution in [3.63, 3.8) is 0 Å². The average molecular weight is 360 g/mol. The molecule has 0 aromatic carbocycles. The molecular weight excluding hydrogens is 326 g/mol. The van der Waals surface area contributed by atoms with Gasteiger partial charge in [-0.05, 0) is 44.9 Å². The van der Waals surface area contributed by atoms with E-state index in [9.17, 15) is 0 Å². The summed E-state index contributed by atoms with van der Waals surface area (Å²) in [5.74, 6) is 2.06. The van der Waals surface area contributed by atoms with Gasteiger partial charge in [0.1, 0.15) is 5.82 Å². The second-order valence-corrected chi connectivity index (χ2v) is 7.87. The Kier molecular flexibility index (Phi) is 5.90. The molecule has 0 amide bonds. The molecule has 4 heterocycles. The van der Waals surface area contributed by atoms with Gasteiger partial charge in [-0.25, -0.2) is 4.98 Å². The average Bonchev–Trinajstić information content (AvgIpc) is 3.40. The number of hydrogen-bond acceptors (Lipinski definition) is 6. The van der Waals surface area contributed by atoms with Crippen LogP contribution in [0.2, 0.25) is 0 Å². The van der Waals surface area contributed by atoms with E-state index in [-0.39, 0.29) is 0 Å². The Morgan fingerprint density at radius 2 is 1.85 bits per heavy atom. The predicted octanol–water partition coefficient (Wildman–Crippen LogP) is 2.38. The molecule has 3 aliphatic rings. The van der Waals surface area contributed by atoms with Crippen molar-refractivity contribution in [2.24, 2.45) is 0 Å². The van der Waals surface area contributed by atoms with Crippen molar-refractivity contribution >= 4 is 11.8 Å². The quantitative estimate of drug-likeness (QED) is 0.842. The fourth-order valence-corrected chi connectivity index (χ4v) is 4.29. The summed E-state index contributed by atoms with van der Waals surface area (Å²) in [6, 6.07) is 2.81. The first-order chi connectivity index (χ1) is 12.8. The van der Waals surface area contributed by atoms with Crippen LogP contribution in [-0.4, -0.2) is 61.4 Å². The Morgan fingerprint density at radius 3 is 2.54 bits per heavy atom. The van der Waals surface area contributed by atoms with Crippen molar-refractivity contribution in [3.05, 3.63) is 11.8 Å². The third-order valence-corrected chi connectivity index (χ3v) is 5.98. The van der Waals surface area contributed by atoms with E-state index in [0.717, 1.165) is 63.2 Å². The molecule has 6 heteroatoms. The summed E-state index contributed by atoms with van der Waals surface area (Å²) in [6.07, 6.45) is 8.71. The molecular formula is C20H33N5O. The van der Waals surface area contributed by atoms with E-state index >= 15 is 0 Å². The van der Waals surface area contributed by atoms with E-state index in [1.54, 1.807) is 0 Å². The molecule has 3 fully saturated rings. The Morgan fingerprint density at radius 1 is 1.04 bits per heavy atom. The summed E-state index contributed by atoms with van der Waals surface area (Å²) in [4.78, 5) is 14.5. The van der Waals surface area contributed by atoms with Crippen LogP contribution in [0.25, 0.3) is 0 Å². The van der Waals surface area contributed by atoms with Crippen LogP contribution in [0.15, 0.2) is 6.07 Å². The minimum Gasteiger partial charge on any atom is -0.377 e. The number of aromatic nitrogens is 2. The normalized spacial score (nSPS) is 24.6. The summed E-state index contributed by atoms with van der Waals surface area (Å²) in [5, 5.41) is 3.72. The van der Waals surface area contributed by atoms with Gasteiger partial charge in [-0.3, -0.25) is 0 Å². The number of rotatable bonds is 6. The highest BCUT2D eigenvalue weighted by atomic mass is 16.5. The first-order valence-corrected chi connectivity index (χ1v) is 10.5. The van der Waals surface area contributed by atoms with Crippen LogP contribution >= 0.6 is 0 Å². The van der Waals surface area contributed by atoms with Crippen LogP contribution in [0.3, 0.4) is 0 Å². The van der Waals surface area contributed by atoms with Crippen LogP contribution in [0, 0.1) is 0 Å². The van der Waals surface area contributed by atoms with Crippen LogP contribution in [0.5, 0.6) is 0 Å². The smallest absolute Gasteiger partial charge is 0.227 e. The second-order valence-electron chi connectivity index (χ2n) is 7.87. The zero-order valence-electron chi connectivity index (χ0n) is 16.1. The van der Waals surface area contributed by atoms with Gasteiger partial charge in [-0.2, -0.15) is 4.98 Å². The zero-order chi connectivity index (χ0) is 17.8. The van der Waals surface area contributed by atoms with Crippen molar-refractivity contribution in [1.29, 1.82) is 0 Å². The molecule has 1 atom stereocenters. The van der Waals surface area contributed by atoms with Gasteiger partial charge < -0.3 is 19.9 Å². The molecule has 0 spiro atoms. The molecule has 0 bridgehead atoms. The lowest BCUT2D eigenvalue weighted by atomic mass is 10.0. The highest BCUT2D eigenvalue weighted by Gasteiger charge is 2.24. The standard InChI is InChI=1S/C20H33N5O/c1-2-16-14-19(23-20(22-16)25-9-3-4-10-25)24-11-7-17(8-12-24)21-15-18-6-5-13-26-18/h14,17-18,21H,2-13,15H2,1H3/t18-/m1/s1. The van der Waals surface area contributed by atoms with Crippen LogP contribution in [0.1, 0.15) is 51.1 Å². The molecule has 1 aromatic rings. The second kappa shape index (κ2) is 8.53. The lowest BCUT2D eigenvalue weighted by molar-refractivity contribution is 0.106. The highest BCUT2D eigenvalue weighted by Crippen LogP contribution is 2.24. The third kappa shape index (κ3) is 4.29. The summed E-state index contributed by atoms with van der Waals surface area (Å²) < 4.78 is 5.73. The fraction of sp³-hybridized carbons (Fsp3) is 0.800. The zero-order valence-corrected chi connectivity index (χ0v) is 16.1. The molecule has 1 aromatic heterocycles. The largest absolute Gasteiger partial charge is 0.377 e. The van der Waals surface area contributed by atoms with Crippen molar-refractivity contribution in [3.8, 4) is 0 Å². The van der Waals surface area contributed by atoms with Gasteiger partial charge in [0.05, 0.1) is 6.10 Å². The Balaban J connectivity index is 1.35. The number of anilines is 2. The van der Waals surface area contributed by atoms with Crippen LogP contribution in [-0.2, 0) is 11.2 Å². The third-order valence-electron chi connectivity index (χ3n) is 5.98. The molecule has 6 nitrogen and oxygen atoms in total. The lowest BCUT2D eigenvalue weighted by Gasteiger charge is -2.34. The number of nitrogens with one attached hydrogen (secondary N) is 1. The van der Waals surface area contributed by atoms with E-state index in [2.05, 4.69) is 28.1 Å². The summed E-state index contributed by atoms with van der Waals surface area (Å²) in [6.45, 7) is 8.48. The monoisotopic (exact) mass is 359 g/mol. The summed E-state index contributed by atoms with van der Waals surface area (Å²) in [5.41, 5.74) is 1.16. The number of nitrogens with zero attached hydrogens (tertiary/aromatic N) is 4. The SMILES string of the molecule is CCc1cc(N2CCC(NC[C@H]3CCCO3)CC2)nc(N2CCCC2)n1. The maximum atomic E-state index is 5.73. The highest BCUT2D eigenvalue weighted by molar-refractivity contribution is 5.47. The van der Waals surface area contributed by atoms with Crippen molar-refractivity contribution in [2.75, 3.05) is 49.1 Å². The first-order valence-electron chi connectivity index (χ1n) is 10.5. The number of hydrogen-bond donors (Lipinski definition) is 1. The van der Waals surface area contributed by atoms with E-state index in [1.165, 1.54) is 38.5 Å². The van der Waals surface area contributed by atoms with Gasteiger partial charge in [-0.15, -0.1) is 0 Å². The van der Waals surface area contributed by atoms with Crippen LogP contribution in [0.4, 0.5) is 11.8 Å². The molecule has 3 aliphatic heterocycles.